The molecule has 1 saturated heterocycles. The molecule has 0 saturated carbocycles. The van der Waals surface area contributed by atoms with Gasteiger partial charge in [-0.05, 0) is 18.2 Å². The van der Waals surface area contributed by atoms with E-state index in [9.17, 15) is 9.59 Å². The van der Waals surface area contributed by atoms with Gasteiger partial charge in [-0.25, -0.2) is 4.79 Å². The van der Waals surface area contributed by atoms with Crippen LogP contribution in [-0.2, 0) is 9.53 Å². The lowest BCUT2D eigenvalue weighted by atomic mass is 10.2. The van der Waals surface area contributed by atoms with Crippen LogP contribution in [0.1, 0.15) is 0 Å². The van der Waals surface area contributed by atoms with E-state index in [0.29, 0.717) is 31.9 Å². The molecule has 3 amide bonds. The Morgan fingerprint density at radius 1 is 1.48 bits per heavy atom. The van der Waals surface area contributed by atoms with Gasteiger partial charge in [0.15, 0.2) is 0 Å². The molecule has 21 heavy (non-hydrogen) atoms. The summed E-state index contributed by atoms with van der Waals surface area (Å²) in [6.07, 6.45) is 0. The molecule has 114 valence electrons. The fourth-order valence-electron chi connectivity index (χ4n) is 2.05. The number of hydrogen-bond acceptors (Lipinski definition) is 4. The Morgan fingerprint density at radius 2 is 2.33 bits per heavy atom. The van der Waals surface area contributed by atoms with Crippen molar-refractivity contribution in [2.45, 2.75) is 0 Å². The number of amides is 3. The Labute approximate surface area is 123 Å². The summed E-state index contributed by atoms with van der Waals surface area (Å²) >= 11 is 0. The SMILES string of the molecule is COCCNCC(=O)Nc1cccc(N2CCNC2=O)c1. The van der Waals surface area contributed by atoms with Crippen molar-refractivity contribution < 1.29 is 14.3 Å². The lowest BCUT2D eigenvalue weighted by molar-refractivity contribution is -0.115. The lowest BCUT2D eigenvalue weighted by Crippen LogP contribution is -2.30. The van der Waals surface area contributed by atoms with Crippen LogP contribution >= 0.6 is 0 Å². The first-order chi connectivity index (χ1) is 10.2. The molecule has 1 fully saturated rings. The van der Waals surface area contributed by atoms with Crippen molar-refractivity contribution in [3.05, 3.63) is 24.3 Å². The highest BCUT2D eigenvalue weighted by atomic mass is 16.5. The summed E-state index contributed by atoms with van der Waals surface area (Å²) in [4.78, 5) is 25.0. The van der Waals surface area contributed by atoms with E-state index in [-0.39, 0.29) is 18.5 Å². The summed E-state index contributed by atoms with van der Waals surface area (Å²) in [5, 5.41) is 8.51. The molecule has 2 rings (SSSR count). The Hall–Kier alpha value is -2.12. The van der Waals surface area contributed by atoms with Crippen LogP contribution in [0, 0.1) is 0 Å². The number of carbonyl (C=O) groups excluding carboxylic acids is 2. The third kappa shape index (κ3) is 4.44. The van der Waals surface area contributed by atoms with Gasteiger partial charge in [0.2, 0.25) is 5.91 Å². The standard InChI is InChI=1S/C14H20N4O3/c1-21-8-6-15-10-13(19)17-11-3-2-4-12(9-11)18-7-5-16-14(18)20/h2-4,9,15H,5-8,10H2,1H3,(H,16,20)(H,17,19). The quantitative estimate of drug-likeness (QED) is 0.635. The van der Waals surface area contributed by atoms with Crippen LogP contribution in [0.4, 0.5) is 16.2 Å². The van der Waals surface area contributed by atoms with Gasteiger partial charge in [0.05, 0.1) is 13.2 Å². The van der Waals surface area contributed by atoms with E-state index in [4.69, 9.17) is 4.74 Å². The minimum atomic E-state index is -0.130. The molecule has 1 aliphatic heterocycles. The van der Waals surface area contributed by atoms with Crippen molar-refractivity contribution in [1.29, 1.82) is 0 Å². The van der Waals surface area contributed by atoms with Crippen LogP contribution < -0.4 is 20.9 Å². The number of rotatable bonds is 7. The van der Waals surface area contributed by atoms with Crippen LogP contribution in [0.5, 0.6) is 0 Å². The van der Waals surface area contributed by atoms with Gasteiger partial charge in [-0.15, -0.1) is 0 Å². The molecular formula is C14H20N4O3. The summed E-state index contributed by atoms with van der Waals surface area (Å²) in [7, 11) is 1.61. The maximum Gasteiger partial charge on any atom is 0.321 e. The average Bonchev–Trinajstić information content (AvgIpc) is 2.90. The number of urea groups is 1. The summed E-state index contributed by atoms with van der Waals surface area (Å²) in [6.45, 7) is 2.68. The van der Waals surface area contributed by atoms with E-state index in [1.807, 2.05) is 12.1 Å². The second-order valence-electron chi connectivity index (χ2n) is 4.65. The highest BCUT2D eigenvalue weighted by Crippen LogP contribution is 2.20. The molecule has 3 N–H and O–H groups in total. The molecule has 1 aliphatic rings. The van der Waals surface area contributed by atoms with Gasteiger partial charge in [-0.3, -0.25) is 9.69 Å². The maximum absolute atomic E-state index is 11.8. The van der Waals surface area contributed by atoms with E-state index in [1.54, 1.807) is 24.1 Å². The molecule has 0 unspecified atom stereocenters. The van der Waals surface area contributed by atoms with Crippen molar-refractivity contribution in [3.8, 4) is 0 Å². The van der Waals surface area contributed by atoms with Crippen molar-refractivity contribution in [2.75, 3.05) is 50.1 Å². The highest BCUT2D eigenvalue weighted by Gasteiger charge is 2.21. The van der Waals surface area contributed by atoms with Crippen molar-refractivity contribution in [2.24, 2.45) is 0 Å². The lowest BCUT2D eigenvalue weighted by Gasteiger charge is -2.15. The Balaban J connectivity index is 1.89. The van der Waals surface area contributed by atoms with Gasteiger partial charge >= 0.3 is 6.03 Å². The summed E-state index contributed by atoms with van der Waals surface area (Å²) < 4.78 is 4.89. The monoisotopic (exact) mass is 292 g/mol. The molecule has 1 heterocycles. The second-order valence-corrected chi connectivity index (χ2v) is 4.65. The van der Waals surface area contributed by atoms with Crippen molar-refractivity contribution >= 4 is 23.3 Å². The molecule has 0 aromatic heterocycles. The molecular weight excluding hydrogens is 272 g/mol. The van der Waals surface area contributed by atoms with Gasteiger partial charge in [0.1, 0.15) is 0 Å². The minimum absolute atomic E-state index is 0.111. The van der Waals surface area contributed by atoms with E-state index in [2.05, 4.69) is 16.0 Å². The number of ether oxygens (including phenoxy) is 1. The van der Waals surface area contributed by atoms with E-state index < -0.39 is 0 Å². The number of nitrogens with one attached hydrogen (secondary N) is 3. The smallest absolute Gasteiger partial charge is 0.321 e. The number of hydrogen-bond donors (Lipinski definition) is 3. The molecule has 1 aromatic rings. The Kier molecular flexibility index (Phi) is 5.53. The number of nitrogens with zero attached hydrogens (tertiary/aromatic N) is 1. The Morgan fingerprint density at radius 3 is 3.05 bits per heavy atom. The molecule has 0 bridgehead atoms. The van der Waals surface area contributed by atoms with Gasteiger partial charge in [0.25, 0.3) is 0 Å². The number of methoxy groups -OCH3 is 1. The predicted molar refractivity (Wildman–Crippen MR) is 80.6 cm³/mol. The predicted octanol–water partition coefficient (Wildman–Crippen LogP) is 0.391. The number of carbonyl (C=O) groups is 2. The summed E-state index contributed by atoms with van der Waals surface area (Å²) in [6, 6.07) is 7.13. The van der Waals surface area contributed by atoms with Crippen LogP contribution in [0.15, 0.2) is 24.3 Å². The van der Waals surface area contributed by atoms with Gasteiger partial charge in [-0.1, -0.05) is 6.07 Å². The van der Waals surface area contributed by atoms with Gasteiger partial charge in [-0.2, -0.15) is 0 Å². The summed E-state index contributed by atoms with van der Waals surface area (Å²) in [5.41, 5.74) is 1.45. The summed E-state index contributed by atoms with van der Waals surface area (Å²) in [5.74, 6) is -0.130. The third-order valence-electron chi connectivity index (χ3n) is 3.07. The van der Waals surface area contributed by atoms with E-state index in [1.165, 1.54) is 0 Å². The number of benzene rings is 1. The molecule has 0 radical (unpaired) electrons. The second kappa shape index (κ2) is 7.61. The van der Waals surface area contributed by atoms with Gasteiger partial charge in [0, 0.05) is 38.1 Å². The fourth-order valence-corrected chi connectivity index (χ4v) is 2.05. The zero-order chi connectivity index (χ0) is 15.1. The molecule has 0 spiro atoms. The normalized spacial score (nSPS) is 14.1. The first kappa shape index (κ1) is 15.3. The third-order valence-corrected chi connectivity index (χ3v) is 3.07. The Bertz CT molecular complexity index is 507. The van der Waals surface area contributed by atoms with Gasteiger partial charge < -0.3 is 20.7 Å². The van der Waals surface area contributed by atoms with Crippen LogP contribution in [-0.4, -0.2) is 51.8 Å². The van der Waals surface area contributed by atoms with Crippen LogP contribution in [0.2, 0.25) is 0 Å². The fraction of sp³-hybridized carbons (Fsp3) is 0.429. The van der Waals surface area contributed by atoms with E-state index in [0.717, 1.165) is 5.69 Å². The largest absolute Gasteiger partial charge is 0.383 e. The maximum atomic E-state index is 11.8. The average molecular weight is 292 g/mol. The zero-order valence-corrected chi connectivity index (χ0v) is 12.0. The van der Waals surface area contributed by atoms with Crippen molar-refractivity contribution in [1.82, 2.24) is 10.6 Å². The molecule has 0 atom stereocenters. The first-order valence-electron chi connectivity index (χ1n) is 6.85. The number of anilines is 2. The molecule has 1 aromatic carbocycles. The molecule has 7 nitrogen and oxygen atoms in total. The highest BCUT2D eigenvalue weighted by molar-refractivity contribution is 5.96. The molecule has 7 heteroatoms. The first-order valence-corrected chi connectivity index (χ1v) is 6.85. The topological polar surface area (TPSA) is 82.7 Å². The van der Waals surface area contributed by atoms with Crippen LogP contribution in [0.3, 0.4) is 0 Å². The van der Waals surface area contributed by atoms with Crippen molar-refractivity contribution in [3.63, 3.8) is 0 Å². The molecule has 0 aliphatic carbocycles. The minimum Gasteiger partial charge on any atom is -0.383 e. The van der Waals surface area contributed by atoms with Crippen LogP contribution in [0.25, 0.3) is 0 Å². The zero-order valence-electron chi connectivity index (χ0n) is 12.0. The van der Waals surface area contributed by atoms with E-state index >= 15 is 0 Å².